The standard InChI is InChI=1S/C23H18N2O2S/c26-22-16-8-1-2-9-17(16)23(27)25(22)15-7-14-24-18-10-3-5-12-20(18)28-21-13-6-4-11-19(21)24/h1-6,8-13H,7,14-15H2. The van der Waals surface area contributed by atoms with Gasteiger partial charge < -0.3 is 4.90 Å². The smallest absolute Gasteiger partial charge is 0.261 e. The summed E-state index contributed by atoms with van der Waals surface area (Å²) in [5, 5.41) is 0. The molecule has 0 fully saturated rings. The highest BCUT2D eigenvalue weighted by molar-refractivity contribution is 7.99. The summed E-state index contributed by atoms with van der Waals surface area (Å²) < 4.78 is 0. The van der Waals surface area contributed by atoms with Crippen LogP contribution in [0.1, 0.15) is 27.1 Å². The van der Waals surface area contributed by atoms with Crippen LogP contribution in [-0.2, 0) is 0 Å². The zero-order chi connectivity index (χ0) is 19.1. The van der Waals surface area contributed by atoms with Gasteiger partial charge in [-0.15, -0.1) is 0 Å². The molecule has 0 atom stereocenters. The third-order valence-corrected chi connectivity index (χ3v) is 6.30. The van der Waals surface area contributed by atoms with Crippen molar-refractivity contribution in [1.29, 1.82) is 0 Å². The van der Waals surface area contributed by atoms with E-state index in [1.54, 1.807) is 36.0 Å². The summed E-state index contributed by atoms with van der Waals surface area (Å²) in [7, 11) is 0. The van der Waals surface area contributed by atoms with E-state index < -0.39 is 0 Å². The number of fused-ring (bicyclic) bond motifs is 3. The van der Waals surface area contributed by atoms with Crippen molar-refractivity contribution in [3.05, 3.63) is 83.9 Å². The van der Waals surface area contributed by atoms with Crippen LogP contribution in [0.2, 0.25) is 0 Å². The van der Waals surface area contributed by atoms with E-state index in [4.69, 9.17) is 0 Å². The van der Waals surface area contributed by atoms with Crippen LogP contribution in [0.5, 0.6) is 0 Å². The quantitative estimate of drug-likeness (QED) is 0.593. The van der Waals surface area contributed by atoms with Crippen molar-refractivity contribution in [2.24, 2.45) is 0 Å². The van der Waals surface area contributed by atoms with Crippen molar-refractivity contribution in [1.82, 2.24) is 4.90 Å². The lowest BCUT2D eigenvalue weighted by Crippen LogP contribution is -2.33. The highest BCUT2D eigenvalue weighted by atomic mass is 32.2. The van der Waals surface area contributed by atoms with Crippen LogP contribution in [-0.4, -0.2) is 29.8 Å². The number of carbonyl (C=O) groups excluding carboxylic acids is 2. The number of nitrogens with zero attached hydrogens (tertiary/aromatic N) is 2. The van der Waals surface area contributed by atoms with Crippen LogP contribution in [0.4, 0.5) is 11.4 Å². The summed E-state index contributed by atoms with van der Waals surface area (Å²) in [5.74, 6) is -0.369. The zero-order valence-electron chi connectivity index (χ0n) is 15.2. The number of amides is 2. The number of hydrogen-bond donors (Lipinski definition) is 0. The molecule has 2 heterocycles. The molecule has 3 aromatic rings. The minimum Gasteiger partial charge on any atom is -0.340 e. The fourth-order valence-corrected chi connectivity index (χ4v) is 4.95. The third kappa shape index (κ3) is 2.70. The summed E-state index contributed by atoms with van der Waals surface area (Å²) in [5.41, 5.74) is 3.37. The molecule has 0 radical (unpaired) electrons. The number of rotatable bonds is 4. The number of hydrogen-bond acceptors (Lipinski definition) is 4. The van der Waals surface area contributed by atoms with Gasteiger partial charge in [-0.3, -0.25) is 14.5 Å². The minimum absolute atomic E-state index is 0.185. The normalized spacial score (nSPS) is 14.7. The number of carbonyl (C=O) groups is 2. The largest absolute Gasteiger partial charge is 0.340 e. The molecule has 4 nitrogen and oxygen atoms in total. The van der Waals surface area contributed by atoms with Crippen LogP contribution in [0, 0.1) is 0 Å². The Kier molecular flexibility index (Phi) is 4.17. The van der Waals surface area contributed by atoms with Crippen LogP contribution in [0.25, 0.3) is 0 Å². The first-order chi connectivity index (χ1) is 13.7. The van der Waals surface area contributed by atoms with E-state index in [1.165, 1.54) is 26.1 Å². The molecule has 2 amide bonds. The van der Waals surface area contributed by atoms with Crippen molar-refractivity contribution in [3.63, 3.8) is 0 Å². The first-order valence-electron chi connectivity index (χ1n) is 9.33. The molecule has 0 bridgehead atoms. The summed E-state index contributed by atoms with van der Waals surface area (Å²) in [4.78, 5) is 31.3. The molecule has 5 rings (SSSR count). The maximum Gasteiger partial charge on any atom is 0.261 e. The Labute approximate surface area is 167 Å². The lowest BCUT2D eigenvalue weighted by Gasteiger charge is -2.33. The highest BCUT2D eigenvalue weighted by Crippen LogP contribution is 2.47. The van der Waals surface area contributed by atoms with Gasteiger partial charge in [-0.25, -0.2) is 0 Å². The Morgan fingerprint density at radius 3 is 1.64 bits per heavy atom. The van der Waals surface area contributed by atoms with Crippen molar-refractivity contribution in [2.75, 3.05) is 18.0 Å². The van der Waals surface area contributed by atoms with Gasteiger partial charge in [0.2, 0.25) is 0 Å². The SMILES string of the molecule is O=C1c2ccccc2C(=O)N1CCCN1c2ccccc2Sc2ccccc21. The average molecular weight is 386 g/mol. The van der Waals surface area contributed by atoms with Gasteiger partial charge in [0.05, 0.1) is 22.5 Å². The van der Waals surface area contributed by atoms with E-state index in [2.05, 4.69) is 41.3 Å². The molecule has 0 saturated heterocycles. The van der Waals surface area contributed by atoms with E-state index in [0.29, 0.717) is 24.1 Å². The van der Waals surface area contributed by atoms with E-state index in [0.717, 1.165) is 6.54 Å². The fraction of sp³-hybridized carbons (Fsp3) is 0.130. The molecule has 0 saturated carbocycles. The second-order valence-corrected chi connectivity index (χ2v) is 7.93. The van der Waals surface area contributed by atoms with Crippen molar-refractivity contribution >= 4 is 35.0 Å². The van der Waals surface area contributed by atoms with Gasteiger partial charge in [0, 0.05) is 22.9 Å². The van der Waals surface area contributed by atoms with Gasteiger partial charge in [-0.05, 0) is 42.8 Å². The van der Waals surface area contributed by atoms with Crippen LogP contribution < -0.4 is 4.90 Å². The molecular weight excluding hydrogens is 368 g/mol. The van der Waals surface area contributed by atoms with Gasteiger partial charge in [-0.1, -0.05) is 48.2 Å². The van der Waals surface area contributed by atoms with Crippen LogP contribution in [0.15, 0.2) is 82.6 Å². The number of anilines is 2. The fourth-order valence-electron chi connectivity index (χ4n) is 3.85. The van der Waals surface area contributed by atoms with Crippen LogP contribution in [0.3, 0.4) is 0 Å². The lowest BCUT2D eigenvalue weighted by molar-refractivity contribution is 0.0653. The van der Waals surface area contributed by atoms with E-state index >= 15 is 0 Å². The van der Waals surface area contributed by atoms with E-state index in [9.17, 15) is 9.59 Å². The Bertz CT molecular complexity index is 1010. The molecule has 5 heteroatoms. The molecule has 138 valence electrons. The number of para-hydroxylation sites is 2. The monoisotopic (exact) mass is 386 g/mol. The first-order valence-corrected chi connectivity index (χ1v) is 10.1. The molecule has 2 aliphatic heterocycles. The molecule has 0 spiro atoms. The van der Waals surface area contributed by atoms with Gasteiger partial charge in [0.15, 0.2) is 0 Å². The minimum atomic E-state index is -0.185. The maximum absolute atomic E-state index is 12.6. The van der Waals surface area contributed by atoms with Crippen molar-refractivity contribution < 1.29 is 9.59 Å². The number of imide groups is 1. The number of benzene rings is 3. The Morgan fingerprint density at radius 2 is 1.07 bits per heavy atom. The summed E-state index contributed by atoms with van der Waals surface area (Å²) in [6, 6.07) is 23.8. The summed E-state index contributed by atoms with van der Waals surface area (Å²) in [6.45, 7) is 1.16. The topological polar surface area (TPSA) is 40.6 Å². The molecule has 0 aromatic heterocycles. The van der Waals surface area contributed by atoms with Gasteiger partial charge in [0.25, 0.3) is 11.8 Å². The maximum atomic E-state index is 12.6. The molecule has 0 N–H and O–H groups in total. The average Bonchev–Trinajstić information content (AvgIpc) is 2.98. The zero-order valence-corrected chi connectivity index (χ0v) is 16.0. The predicted molar refractivity (Wildman–Crippen MR) is 110 cm³/mol. The second-order valence-electron chi connectivity index (χ2n) is 6.85. The molecule has 2 aliphatic rings. The van der Waals surface area contributed by atoms with Gasteiger partial charge in [0.1, 0.15) is 0 Å². The van der Waals surface area contributed by atoms with Crippen molar-refractivity contribution in [3.8, 4) is 0 Å². The lowest BCUT2D eigenvalue weighted by atomic mass is 10.1. The van der Waals surface area contributed by atoms with Crippen LogP contribution >= 0.6 is 11.8 Å². The van der Waals surface area contributed by atoms with E-state index in [-0.39, 0.29) is 11.8 Å². The molecule has 28 heavy (non-hydrogen) atoms. The Balaban J connectivity index is 1.36. The summed E-state index contributed by atoms with van der Waals surface area (Å²) >= 11 is 1.78. The third-order valence-electron chi connectivity index (χ3n) is 5.17. The first kappa shape index (κ1) is 17.1. The summed E-state index contributed by atoms with van der Waals surface area (Å²) in [6.07, 6.45) is 0.707. The van der Waals surface area contributed by atoms with Crippen molar-refractivity contribution in [2.45, 2.75) is 16.2 Å². The molecule has 0 aliphatic carbocycles. The van der Waals surface area contributed by atoms with E-state index in [1.807, 2.05) is 12.1 Å². The predicted octanol–water partition coefficient (Wildman–Crippen LogP) is 4.98. The molecule has 0 unspecified atom stereocenters. The molecular formula is C23H18N2O2S. The Morgan fingerprint density at radius 1 is 0.607 bits per heavy atom. The Hall–Kier alpha value is -3.05. The molecule has 3 aromatic carbocycles. The second kappa shape index (κ2) is 6.84. The van der Waals surface area contributed by atoms with Gasteiger partial charge in [-0.2, -0.15) is 0 Å². The highest BCUT2D eigenvalue weighted by Gasteiger charge is 2.34. The van der Waals surface area contributed by atoms with Gasteiger partial charge >= 0.3 is 0 Å².